The molecule has 4 aromatic rings. The van der Waals surface area contributed by atoms with Crippen LogP contribution in [0.3, 0.4) is 0 Å². The molecule has 1 fully saturated rings. The molecule has 0 radical (unpaired) electrons. The highest BCUT2D eigenvalue weighted by atomic mass is 19.4. The van der Waals surface area contributed by atoms with E-state index >= 15 is 0 Å². The molecule has 47 heavy (non-hydrogen) atoms. The molecule has 13 heteroatoms. The van der Waals surface area contributed by atoms with Gasteiger partial charge in [0, 0.05) is 29.1 Å². The first-order chi connectivity index (χ1) is 22.5. The number of carbonyl (C=O) groups excluding carboxylic acids is 2. The first-order valence-corrected chi connectivity index (χ1v) is 15.6. The Morgan fingerprint density at radius 1 is 0.681 bits per heavy atom. The number of anilines is 2. The number of hydrogen-bond donors (Lipinski definition) is 4. The molecule has 2 heterocycles. The highest BCUT2D eigenvalue weighted by Gasteiger charge is 2.33. The minimum atomic E-state index is -4.56. The minimum Gasteiger partial charge on any atom is -0.327 e. The van der Waals surface area contributed by atoms with E-state index in [0.717, 1.165) is 61.7 Å². The normalized spacial score (nSPS) is 18.6. The number of carbonyl (C=O) groups is 2. The molecule has 7 rings (SSSR count). The molecule has 10 nitrogen and oxygen atoms in total. The van der Waals surface area contributed by atoms with Crippen molar-refractivity contribution in [2.75, 3.05) is 10.6 Å². The molecule has 0 aliphatic heterocycles. The third-order valence-corrected chi connectivity index (χ3v) is 8.53. The van der Waals surface area contributed by atoms with Gasteiger partial charge in [-0.25, -0.2) is 19.9 Å². The van der Waals surface area contributed by atoms with E-state index in [4.69, 9.17) is 11.5 Å². The van der Waals surface area contributed by atoms with Crippen molar-refractivity contribution < 1.29 is 22.8 Å². The number of halogens is 3. The van der Waals surface area contributed by atoms with E-state index in [0.29, 0.717) is 28.9 Å². The molecule has 1 saturated carbocycles. The van der Waals surface area contributed by atoms with Crippen molar-refractivity contribution in [2.45, 2.75) is 75.5 Å². The number of nitrogens with one attached hydrogen (secondary N) is 2. The number of nitrogens with zero attached hydrogens (tertiary/aromatic N) is 4. The predicted octanol–water partition coefficient (Wildman–Crippen LogP) is 4.99. The van der Waals surface area contributed by atoms with E-state index in [2.05, 4.69) is 30.6 Å². The van der Waals surface area contributed by atoms with Crippen LogP contribution in [0.1, 0.15) is 86.1 Å². The number of aromatic nitrogens is 4. The molecule has 3 aliphatic carbocycles. The number of benzene rings is 2. The van der Waals surface area contributed by atoms with Crippen LogP contribution in [0.5, 0.6) is 0 Å². The average molecular weight is 645 g/mol. The van der Waals surface area contributed by atoms with E-state index in [1.54, 1.807) is 24.5 Å². The van der Waals surface area contributed by atoms with Crippen LogP contribution in [0.15, 0.2) is 61.2 Å². The highest BCUT2D eigenvalue weighted by Crippen LogP contribution is 2.37. The first-order valence-electron chi connectivity index (χ1n) is 15.6. The average Bonchev–Trinajstić information content (AvgIpc) is 3.91. The quantitative estimate of drug-likeness (QED) is 0.236. The summed E-state index contributed by atoms with van der Waals surface area (Å²) in [5.74, 6) is 0.805. The lowest BCUT2D eigenvalue weighted by atomic mass is 9.87. The van der Waals surface area contributed by atoms with Gasteiger partial charge in [0.25, 0.3) is 11.8 Å². The van der Waals surface area contributed by atoms with E-state index in [-0.39, 0.29) is 23.8 Å². The maximum atomic E-state index is 12.4. The van der Waals surface area contributed by atoms with E-state index in [1.807, 2.05) is 24.3 Å². The van der Waals surface area contributed by atoms with Gasteiger partial charge in [0.05, 0.1) is 30.5 Å². The Bertz CT molecular complexity index is 1760. The monoisotopic (exact) mass is 644 g/mol. The van der Waals surface area contributed by atoms with Gasteiger partial charge < -0.3 is 22.1 Å². The Labute approximate surface area is 269 Å². The number of hydrogen-bond acceptors (Lipinski definition) is 8. The summed E-state index contributed by atoms with van der Waals surface area (Å²) >= 11 is 0. The van der Waals surface area contributed by atoms with Gasteiger partial charge in [0.2, 0.25) is 0 Å². The molecular weight excluding hydrogens is 609 g/mol. The fraction of sp³-hybridized carbons (Fsp3) is 0.353. The van der Waals surface area contributed by atoms with Crippen molar-refractivity contribution in [1.29, 1.82) is 0 Å². The Balaban J connectivity index is 0.000000164. The fourth-order valence-electron chi connectivity index (χ4n) is 5.73. The summed E-state index contributed by atoms with van der Waals surface area (Å²) in [4.78, 5) is 40.1. The molecule has 2 atom stereocenters. The second kappa shape index (κ2) is 13.5. The van der Waals surface area contributed by atoms with Gasteiger partial charge in [-0.15, -0.1) is 0 Å². The largest absolute Gasteiger partial charge is 0.434 e. The molecule has 244 valence electrons. The maximum Gasteiger partial charge on any atom is 0.434 e. The van der Waals surface area contributed by atoms with Crippen LogP contribution in [0.4, 0.5) is 24.7 Å². The molecule has 0 saturated heterocycles. The van der Waals surface area contributed by atoms with Crippen LogP contribution in [-0.4, -0.2) is 43.8 Å². The van der Waals surface area contributed by atoms with Crippen molar-refractivity contribution >= 4 is 23.3 Å². The zero-order chi connectivity index (χ0) is 33.1. The van der Waals surface area contributed by atoms with Gasteiger partial charge in [0.15, 0.2) is 11.5 Å². The standard InChI is InChI=1S/C18H20N4O.C16H15F3N4O/c19-15-6-5-12-7-14(4-3-13(12)8-15)18(23)22-16-9-20-17(21-10-16)11-1-2-11;17-16(18,19)13-7-22-14(8-21-13)23-15(24)11-2-1-10-6-12(20)4-3-9(10)5-11/h3-4,7,9-11,15H,1-2,5-6,8,19H2,(H,22,23);1-2,5,7-8,12H,3-4,6,20H2,(H,22,23,24). The summed E-state index contributed by atoms with van der Waals surface area (Å²) < 4.78 is 37.3. The van der Waals surface area contributed by atoms with Gasteiger partial charge in [-0.1, -0.05) is 12.1 Å². The van der Waals surface area contributed by atoms with E-state index in [1.165, 1.54) is 24.0 Å². The zero-order valence-electron chi connectivity index (χ0n) is 25.6. The van der Waals surface area contributed by atoms with Crippen molar-refractivity contribution in [3.63, 3.8) is 0 Å². The Hall–Kier alpha value is -4.75. The highest BCUT2D eigenvalue weighted by molar-refractivity contribution is 6.04. The third kappa shape index (κ3) is 8.16. The van der Waals surface area contributed by atoms with Crippen LogP contribution in [0.25, 0.3) is 0 Å². The predicted molar refractivity (Wildman–Crippen MR) is 170 cm³/mol. The number of nitrogens with two attached hydrogens (primary N) is 2. The second-order valence-electron chi connectivity index (χ2n) is 12.3. The number of alkyl halides is 3. The molecule has 6 N–H and O–H groups in total. The van der Waals surface area contributed by atoms with Crippen molar-refractivity contribution in [3.8, 4) is 0 Å². The van der Waals surface area contributed by atoms with Crippen LogP contribution in [0, 0.1) is 0 Å². The summed E-state index contributed by atoms with van der Waals surface area (Å²) in [7, 11) is 0. The first kappa shape index (κ1) is 32.2. The van der Waals surface area contributed by atoms with E-state index < -0.39 is 17.8 Å². The summed E-state index contributed by atoms with van der Waals surface area (Å²) in [5.41, 5.74) is 17.2. The van der Waals surface area contributed by atoms with Gasteiger partial charge in [-0.2, -0.15) is 13.2 Å². The number of aryl methyl sites for hydroxylation is 2. The number of rotatable bonds is 5. The zero-order valence-corrected chi connectivity index (χ0v) is 25.6. The molecule has 0 bridgehead atoms. The molecular formula is C34H35F3N8O2. The topological polar surface area (TPSA) is 162 Å². The Kier molecular flexibility index (Phi) is 9.28. The molecule has 3 aliphatic rings. The minimum absolute atomic E-state index is 0.0345. The SMILES string of the molecule is NC1CCc2cc(C(=O)Nc3cnc(C(F)(F)F)cn3)ccc2C1.NC1CCc2cc(C(=O)Nc3cnc(C4CC4)nc3)ccc2C1. The summed E-state index contributed by atoms with van der Waals surface area (Å²) in [6, 6.07) is 11.6. The van der Waals surface area contributed by atoms with Crippen LogP contribution in [-0.2, 0) is 31.9 Å². The lowest BCUT2D eigenvalue weighted by Crippen LogP contribution is -2.28. The van der Waals surface area contributed by atoms with Gasteiger partial charge in [-0.05, 0) is 97.9 Å². The lowest BCUT2D eigenvalue weighted by Gasteiger charge is -2.21. The van der Waals surface area contributed by atoms with Crippen LogP contribution >= 0.6 is 0 Å². The van der Waals surface area contributed by atoms with Crippen molar-refractivity contribution in [3.05, 3.63) is 106 Å². The molecule has 2 unspecified atom stereocenters. The second-order valence-corrected chi connectivity index (χ2v) is 12.3. The maximum absolute atomic E-state index is 12.4. The summed E-state index contributed by atoms with van der Waals surface area (Å²) in [6.45, 7) is 0. The van der Waals surface area contributed by atoms with Crippen LogP contribution < -0.4 is 22.1 Å². The fourth-order valence-corrected chi connectivity index (χ4v) is 5.73. The summed E-state index contributed by atoms with van der Waals surface area (Å²) in [5, 5.41) is 5.32. The molecule has 2 aromatic heterocycles. The van der Waals surface area contributed by atoms with Gasteiger partial charge >= 0.3 is 6.18 Å². The van der Waals surface area contributed by atoms with Crippen LogP contribution in [0.2, 0.25) is 0 Å². The Morgan fingerprint density at radius 3 is 1.72 bits per heavy atom. The molecule has 0 spiro atoms. The van der Waals surface area contributed by atoms with Gasteiger partial charge in [0.1, 0.15) is 5.82 Å². The smallest absolute Gasteiger partial charge is 0.327 e. The van der Waals surface area contributed by atoms with Crippen molar-refractivity contribution in [1.82, 2.24) is 19.9 Å². The van der Waals surface area contributed by atoms with Gasteiger partial charge in [-0.3, -0.25) is 9.59 Å². The number of amides is 2. The molecule has 2 amide bonds. The number of fused-ring (bicyclic) bond motifs is 2. The lowest BCUT2D eigenvalue weighted by molar-refractivity contribution is -0.141. The van der Waals surface area contributed by atoms with E-state index in [9.17, 15) is 22.8 Å². The molecule has 2 aromatic carbocycles. The third-order valence-electron chi connectivity index (χ3n) is 8.53. The summed E-state index contributed by atoms with van der Waals surface area (Å²) in [6.07, 6.45) is 7.90. The van der Waals surface area contributed by atoms with Crippen molar-refractivity contribution in [2.24, 2.45) is 11.5 Å². The Morgan fingerprint density at radius 2 is 1.23 bits per heavy atom.